The Morgan fingerprint density at radius 1 is 1.11 bits per heavy atom. The van der Waals surface area contributed by atoms with Crippen LogP contribution in [0.4, 0.5) is 11.4 Å². The molecule has 1 saturated carbocycles. The van der Waals surface area contributed by atoms with Crippen molar-refractivity contribution in [2.45, 2.75) is 58.3 Å². The summed E-state index contributed by atoms with van der Waals surface area (Å²) < 4.78 is 16.6. The topological polar surface area (TPSA) is 52.1 Å². The highest BCUT2D eigenvalue weighted by Gasteiger charge is 2.24. The molecule has 0 atom stereocenters. The van der Waals surface area contributed by atoms with Crippen molar-refractivity contribution in [1.82, 2.24) is 0 Å². The van der Waals surface area contributed by atoms with Gasteiger partial charge in [0.2, 0.25) is 0 Å². The van der Waals surface area contributed by atoms with E-state index in [0.717, 1.165) is 40.6 Å². The highest BCUT2D eigenvalue weighted by Crippen LogP contribution is 2.35. The van der Waals surface area contributed by atoms with Gasteiger partial charge in [-0.1, -0.05) is 45.8 Å². The molecule has 0 heterocycles. The molecule has 1 fully saturated rings. The van der Waals surface area contributed by atoms with Gasteiger partial charge in [0.1, 0.15) is 11.5 Å². The van der Waals surface area contributed by atoms with E-state index in [1.807, 2.05) is 36.5 Å². The zero-order valence-electron chi connectivity index (χ0n) is 21.9. The van der Waals surface area contributed by atoms with Gasteiger partial charge < -0.3 is 19.5 Å². The van der Waals surface area contributed by atoms with Crippen molar-refractivity contribution < 1.29 is 14.2 Å². The fraction of sp³-hybridized carbons (Fsp3) is 0.433. The molecule has 0 saturated heterocycles. The number of rotatable bonds is 11. The van der Waals surface area contributed by atoms with E-state index in [-0.39, 0.29) is 5.41 Å². The van der Waals surface area contributed by atoms with Crippen LogP contribution < -0.4 is 14.8 Å². The lowest BCUT2D eigenvalue weighted by Gasteiger charge is -2.28. The minimum Gasteiger partial charge on any atom is -0.494 e. The first kappa shape index (κ1) is 26.4. The maximum atomic E-state index is 6.07. The van der Waals surface area contributed by atoms with Gasteiger partial charge in [0.05, 0.1) is 32.2 Å². The third kappa shape index (κ3) is 7.14. The highest BCUT2D eigenvalue weighted by molar-refractivity contribution is 5.61. The lowest BCUT2D eigenvalue weighted by molar-refractivity contribution is 0.208. The van der Waals surface area contributed by atoms with Gasteiger partial charge in [0.15, 0.2) is 6.40 Å². The molecule has 0 aromatic heterocycles. The molecule has 0 unspecified atom stereocenters. The van der Waals surface area contributed by atoms with Crippen LogP contribution in [-0.2, 0) is 10.2 Å². The van der Waals surface area contributed by atoms with E-state index in [9.17, 15) is 0 Å². The second-order valence-electron chi connectivity index (χ2n) is 9.77. The largest absolute Gasteiger partial charge is 0.494 e. The summed E-state index contributed by atoms with van der Waals surface area (Å²) in [6.07, 6.45) is 11.9. The quantitative estimate of drug-likeness (QED) is 0.205. The van der Waals surface area contributed by atoms with Crippen LogP contribution in [-0.4, -0.2) is 27.2 Å². The SMILES string of the molecule is C=C(C=CNc1ccc(OCC2CCCCC2)cc1OC)C(C)(C)c1ccc(N=COC)cc1C. The van der Waals surface area contributed by atoms with E-state index >= 15 is 0 Å². The van der Waals surface area contributed by atoms with Gasteiger partial charge in [-0.3, -0.25) is 0 Å². The van der Waals surface area contributed by atoms with Crippen molar-refractivity contribution in [3.05, 3.63) is 72.0 Å². The summed E-state index contributed by atoms with van der Waals surface area (Å²) >= 11 is 0. The molecule has 1 N–H and O–H groups in total. The van der Waals surface area contributed by atoms with Gasteiger partial charge in [0.25, 0.3) is 0 Å². The summed E-state index contributed by atoms with van der Waals surface area (Å²) in [5.74, 6) is 2.27. The van der Waals surface area contributed by atoms with Crippen molar-refractivity contribution in [2.24, 2.45) is 10.9 Å². The zero-order valence-corrected chi connectivity index (χ0v) is 21.9. The van der Waals surface area contributed by atoms with E-state index < -0.39 is 0 Å². The van der Waals surface area contributed by atoms with Crippen LogP contribution in [0.2, 0.25) is 0 Å². The lowest BCUT2D eigenvalue weighted by Crippen LogP contribution is -2.20. The molecule has 35 heavy (non-hydrogen) atoms. The van der Waals surface area contributed by atoms with Crippen molar-refractivity contribution in [3.8, 4) is 11.5 Å². The molecule has 0 spiro atoms. The third-order valence-corrected chi connectivity index (χ3v) is 6.90. The van der Waals surface area contributed by atoms with E-state index in [0.29, 0.717) is 5.92 Å². The first-order valence-electron chi connectivity index (χ1n) is 12.4. The van der Waals surface area contributed by atoms with Gasteiger partial charge >= 0.3 is 0 Å². The number of ether oxygens (including phenoxy) is 3. The van der Waals surface area contributed by atoms with Gasteiger partial charge in [-0.05, 0) is 72.7 Å². The Morgan fingerprint density at radius 3 is 2.57 bits per heavy atom. The molecule has 5 nitrogen and oxygen atoms in total. The highest BCUT2D eigenvalue weighted by atomic mass is 16.5. The molecular weight excluding hydrogens is 436 g/mol. The van der Waals surface area contributed by atoms with E-state index in [1.54, 1.807) is 14.2 Å². The summed E-state index contributed by atoms with van der Waals surface area (Å²) in [5.41, 5.74) is 4.87. The van der Waals surface area contributed by atoms with Gasteiger partial charge in [0, 0.05) is 17.7 Å². The van der Waals surface area contributed by atoms with Crippen LogP contribution >= 0.6 is 0 Å². The van der Waals surface area contributed by atoms with Crippen molar-refractivity contribution >= 4 is 17.8 Å². The monoisotopic (exact) mass is 476 g/mol. The van der Waals surface area contributed by atoms with Gasteiger partial charge in [-0.15, -0.1) is 0 Å². The Balaban J connectivity index is 1.63. The number of aryl methyl sites for hydroxylation is 1. The number of anilines is 1. The Bertz CT molecular complexity index is 1050. The number of nitrogens with zero attached hydrogens (tertiary/aromatic N) is 1. The Kier molecular flexibility index (Phi) is 9.41. The molecule has 188 valence electrons. The van der Waals surface area contributed by atoms with Crippen molar-refractivity contribution in [1.29, 1.82) is 0 Å². The van der Waals surface area contributed by atoms with Crippen LogP contribution in [0.15, 0.2) is 65.8 Å². The minimum atomic E-state index is -0.243. The molecule has 3 rings (SSSR count). The van der Waals surface area contributed by atoms with E-state index in [1.165, 1.54) is 44.1 Å². The number of allylic oxidation sites excluding steroid dienone is 2. The van der Waals surface area contributed by atoms with Gasteiger partial charge in [-0.25, -0.2) is 4.99 Å². The molecule has 0 radical (unpaired) electrons. The second-order valence-corrected chi connectivity index (χ2v) is 9.77. The number of aliphatic imine (C=N–C) groups is 1. The standard InChI is InChI=1S/C30H40N2O3/c1-22-18-25(32-21-33-5)12-14-27(22)30(3,4)23(2)16-17-31-28-15-13-26(19-29(28)34-6)35-20-24-10-8-7-9-11-24/h12-19,21,24,31H,2,7-11,20H2,1,3-6H3. The van der Waals surface area contributed by atoms with Crippen molar-refractivity contribution in [3.63, 3.8) is 0 Å². The molecule has 0 bridgehead atoms. The number of hydrogen-bond acceptors (Lipinski definition) is 5. The lowest BCUT2D eigenvalue weighted by atomic mass is 9.76. The molecule has 0 amide bonds. The number of hydrogen-bond donors (Lipinski definition) is 1. The average molecular weight is 477 g/mol. The Labute approximate surface area is 210 Å². The van der Waals surface area contributed by atoms with Crippen molar-refractivity contribution in [2.75, 3.05) is 26.1 Å². The second kappa shape index (κ2) is 12.5. The zero-order chi connectivity index (χ0) is 25.3. The predicted molar refractivity (Wildman–Crippen MR) is 146 cm³/mol. The maximum absolute atomic E-state index is 6.07. The summed E-state index contributed by atoms with van der Waals surface area (Å²) in [7, 11) is 3.27. The fourth-order valence-electron chi connectivity index (χ4n) is 4.60. The summed E-state index contributed by atoms with van der Waals surface area (Å²) in [4.78, 5) is 4.28. The molecule has 1 aliphatic carbocycles. The molecule has 5 heteroatoms. The normalized spacial score (nSPS) is 14.9. The Morgan fingerprint density at radius 2 is 1.89 bits per heavy atom. The number of nitrogens with one attached hydrogen (secondary N) is 1. The van der Waals surface area contributed by atoms with Crippen LogP contribution in [0.25, 0.3) is 0 Å². The maximum Gasteiger partial charge on any atom is 0.174 e. The summed E-state index contributed by atoms with van der Waals surface area (Å²) in [6, 6.07) is 12.1. The van der Waals surface area contributed by atoms with E-state index in [4.69, 9.17) is 14.2 Å². The van der Waals surface area contributed by atoms with Crippen LogP contribution in [0.1, 0.15) is 57.1 Å². The van der Waals surface area contributed by atoms with Crippen LogP contribution in [0.3, 0.4) is 0 Å². The molecule has 0 aliphatic heterocycles. The van der Waals surface area contributed by atoms with Crippen LogP contribution in [0.5, 0.6) is 11.5 Å². The van der Waals surface area contributed by atoms with Crippen LogP contribution in [0, 0.1) is 12.8 Å². The van der Waals surface area contributed by atoms with Gasteiger partial charge in [-0.2, -0.15) is 0 Å². The number of methoxy groups -OCH3 is 2. The first-order chi connectivity index (χ1) is 16.8. The number of benzene rings is 2. The smallest absolute Gasteiger partial charge is 0.174 e. The summed E-state index contributed by atoms with van der Waals surface area (Å²) in [5, 5.41) is 3.34. The Hall–Kier alpha value is -3.21. The predicted octanol–water partition coefficient (Wildman–Crippen LogP) is 7.73. The van der Waals surface area contributed by atoms with E-state index in [2.05, 4.69) is 49.8 Å². The minimum absolute atomic E-state index is 0.243. The first-order valence-corrected chi connectivity index (χ1v) is 12.4. The fourth-order valence-corrected chi connectivity index (χ4v) is 4.60. The molecule has 2 aromatic rings. The average Bonchev–Trinajstić information content (AvgIpc) is 2.87. The third-order valence-electron chi connectivity index (χ3n) is 6.90. The molecule has 1 aliphatic rings. The molecular formula is C30H40N2O3. The molecule has 2 aromatic carbocycles. The summed E-state index contributed by atoms with van der Waals surface area (Å²) in [6.45, 7) is 11.6.